The Morgan fingerprint density at radius 3 is 2.61 bits per heavy atom. The zero-order chi connectivity index (χ0) is 16.4. The Labute approximate surface area is 137 Å². The molecule has 0 spiro atoms. The van der Waals surface area contributed by atoms with Crippen LogP contribution in [-0.2, 0) is 9.59 Å². The number of fused-ring (bicyclic) bond motifs is 1. The number of nitrogens with one attached hydrogen (secondary N) is 1. The largest absolute Gasteiger partial charge is 0.477 e. The number of hydrogen-bond donors (Lipinski definition) is 1. The molecule has 5 heteroatoms. The lowest BCUT2D eigenvalue weighted by Crippen LogP contribution is -2.52. The van der Waals surface area contributed by atoms with E-state index in [2.05, 4.69) is 5.32 Å². The number of hydrogen-bond acceptors (Lipinski definition) is 3. The number of nitrogens with zero attached hydrogens (tertiary/aromatic N) is 1. The highest BCUT2D eigenvalue weighted by atomic mass is 16.5. The maximum Gasteiger partial charge on any atom is 0.263 e. The fourth-order valence-corrected chi connectivity index (χ4v) is 2.92. The lowest BCUT2D eigenvalue weighted by Gasteiger charge is -2.34. The maximum atomic E-state index is 12.6. The second kappa shape index (κ2) is 6.60. The molecule has 0 unspecified atom stereocenters. The topological polar surface area (TPSA) is 58.6 Å². The minimum Gasteiger partial charge on any atom is -0.477 e. The van der Waals surface area contributed by atoms with Crippen LogP contribution in [0.15, 0.2) is 24.3 Å². The molecule has 0 bridgehead atoms. The van der Waals surface area contributed by atoms with Crippen LogP contribution in [0, 0.1) is 5.92 Å². The number of anilines is 1. The zero-order valence-corrected chi connectivity index (χ0v) is 13.7. The Hall–Kier alpha value is -2.04. The standard InChI is InChI=1S/C18H24N2O3/c1-3-13(4-2)19-17(21)16-11-20(18(22)12-9-10-12)14-7-5-6-8-15(14)23-16/h5-8,12-13,16H,3-4,9-11H2,1-2H3,(H,19,21)/t16-/m0/s1. The van der Waals surface area contributed by atoms with E-state index in [0.29, 0.717) is 12.3 Å². The van der Waals surface area contributed by atoms with Crippen molar-refractivity contribution in [1.29, 1.82) is 0 Å². The number of ether oxygens (including phenoxy) is 1. The minimum atomic E-state index is -0.645. The van der Waals surface area contributed by atoms with E-state index in [1.807, 2.05) is 38.1 Å². The summed E-state index contributed by atoms with van der Waals surface area (Å²) < 4.78 is 5.86. The van der Waals surface area contributed by atoms with Gasteiger partial charge < -0.3 is 15.0 Å². The van der Waals surface area contributed by atoms with Gasteiger partial charge in [0.2, 0.25) is 5.91 Å². The molecule has 1 aliphatic carbocycles. The third-order valence-electron chi connectivity index (χ3n) is 4.59. The molecule has 1 fully saturated rings. The normalized spacial score (nSPS) is 20.0. The van der Waals surface area contributed by atoms with Gasteiger partial charge in [-0.05, 0) is 37.8 Å². The molecule has 1 saturated carbocycles. The number of rotatable bonds is 5. The quantitative estimate of drug-likeness (QED) is 0.908. The molecule has 1 aromatic rings. The van der Waals surface area contributed by atoms with Crippen LogP contribution in [-0.4, -0.2) is 30.5 Å². The van der Waals surface area contributed by atoms with E-state index in [4.69, 9.17) is 4.74 Å². The van der Waals surface area contributed by atoms with Crippen LogP contribution in [0.3, 0.4) is 0 Å². The van der Waals surface area contributed by atoms with Crippen LogP contribution in [0.2, 0.25) is 0 Å². The van der Waals surface area contributed by atoms with Crippen molar-refractivity contribution in [1.82, 2.24) is 5.32 Å². The summed E-state index contributed by atoms with van der Waals surface area (Å²) in [4.78, 5) is 26.8. The Kier molecular flexibility index (Phi) is 4.55. The average molecular weight is 316 g/mol. The van der Waals surface area contributed by atoms with Gasteiger partial charge in [0.1, 0.15) is 5.75 Å². The molecule has 1 aromatic carbocycles. The molecule has 1 aliphatic heterocycles. The van der Waals surface area contributed by atoms with Gasteiger partial charge in [-0.15, -0.1) is 0 Å². The van der Waals surface area contributed by atoms with E-state index < -0.39 is 6.10 Å². The lowest BCUT2D eigenvalue weighted by atomic mass is 10.1. The van der Waals surface area contributed by atoms with Crippen LogP contribution in [0.4, 0.5) is 5.69 Å². The molecule has 23 heavy (non-hydrogen) atoms. The SMILES string of the molecule is CCC(CC)NC(=O)[C@@H]1CN(C(=O)C2CC2)c2ccccc2O1. The van der Waals surface area contributed by atoms with Crippen LogP contribution >= 0.6 is 0 Å². The predicted molar refractivity (Wildman–Crippen MR) is 88.4 cm³/mol. The molecule has 3 rings (SSSR count). The van der Waals surface area contributed by atoms with Gasteiger partial charge in [0.15, 0.2) is 6.10 Å². The molecule has 124 valence electrons. The summed E-state index contributed by atoms with van der Waals surface area (Å²) in [5.74, 6) is 0.698. The Morgan fingerprint density at radius 1 is 1.26 bits per heavy atom. The first-order chi connectivity index (χ1) is 11.1. The summed E-state index contributed by atoms with van der Waals surface area (Å²) in [6.45, 7) is 4.39. The highest BCUT2D eigenvalue weighted by Gasteiger charge is 2.40. The fourth-order valence-electron chi connectivity index (χ4n) is 2.92. The highest BCUT2D eigenvalue weighted by Crippen LogP contribution is 2.38. The van der Waals surface area contributed by atoms with Gasteiger partial charge in [-0.3, -0.25) is 9.59 Å². The molecule has 2 aliphatic rings. The van der Waals surface area contributed by atoms with E-state index in [1.54, 1.807) is 4.90 Å². The van der Waals surface area contributed by atoms with Crippen molar-refractivity contribution in [2.24, 2.45) is 5.92 Å². The first-order valence-corrected chi connectivity index (χ1v) is 8.51. The molecule has 2 amide bonds. The highest BCUT2D eigenvalue weighted by molar-refractivity contribution is 5.99. The van der Waals surface area contributed by atoms with Crippen molar-refractivity contribution in [2.75, 3.05) is 11.4 Å². The van der Waals surface area contributed by atoms with E-state index >= 15 is 0 Å². The van der Waals surface area contributed by atoms with Gasteiger partial charge in [-0.1, -0.05) is 26.0 Å². The fraction of sp³-hybridized carbons (Fsp3) is 0.556. The number of benzene rings is 1. The van der Waals surface area contributed by atoms with Gasteiger partial charge in [-0.25, -0.2) is 0 Å². The number of carbonyl (C=O) groups excluding carboxylic acids is 2. The van der Waals surface area contributed by atoms with Crippen molar-refractivity contribution >= 4 is 17.5 Å². The number of carbonyl (C=O) groups is 2. The van der Waals surface area contributed by atoms with Gasteiger partial charge in [0.05, 0.1) is 12.2 Å². The second-order valence-electron chi connectivity index (χ2n) is 6.32. The Balaban J connectivity index is 1.79. The van der Waals surface area contributed by atoms with Crippen molar-refractivity contribution < 1.29 is 14.3 Å². The van der Waals surface area contributed by atoms with Gasteiger partial charge in [-0.2, -0.15) is 0 Å². The summed E-state index contributed by atoms with van der Waals surface area (Å²) in [7, 11) is 0. The van der Waals surface area contributed by atoms with Gasteiger partial charge >= 0.3 is 0 Å². The molecule has 5 nitrogen and oxygen atoms in total. The van der Waals surface area contributed by atoms with Crippen LogP contribution in [0.5, 0.6) is 5.75 Å². The summed E-state index contributed by atoms with van der Waals surface area (Å²) in [6, 6.07) is 7.60. The number of amides is 2. The van der Waals surface area contributed by atoms with Crippen molar-refractivity contribution in [3.8, 4) is 5.75 Å². The van der Waals surface area contributed by atoms with E-state index in [-0.39, 0.29) is 23.8 Å². The molecule has 0 aromatic heterocycles. The summed E-state index contributed by atoms with van der Waals surface area (Å²) in [5.41, 5.74) is 0.774. The molecule has 1 N–H and O–H groups in total. The lowest BCUT2D eigenvalue weighted by molar-refractivity contribution is -0.129. The molecule has 1 atom stereocenters. The molecule has 0 radical (unpaired) electrons. The third kappa shape index (κ3) is 3.33. The van der Waals surface area contributed by atoms with Crippen molar-refractivity contribution in [3.63, 3.8) is 0 Å². The van der Waals surface area contributed by atoms with E-state index in [0.717, 1.165) is 31.4 Å². The van der Waals surface area contributed by atoms with E-state index in [9.17, 15) is 9.59 Å². The first kappa shape index (κ1) is 15.8. The predicted octanol–water partition coefficient (Wildman–Crippen LogP) is 2.50. The molecule has 1 heterocycles. The summed E-state index contributed by atoms with van der Waals surface area (Å²) in [5, 5.41) is 3.02. The Morgan fingerprint density at radius 2 is 1.96 bits per heavy atom. The first-order valence-electron chi connectivity index (χ1n) is 8.51. The van der Waals surface area contributed by atoms with Gasteiger partial charge in [0.25, 0.3) is 5.91 Å². The average Bonchev–Trinajstić information content (AvgIpc) is 3.42. The smallest absolute Gasteiger partial charge is 0.263 e. The van der Waals surface area contributed by atoms with Crippen LogP contribution in [0.1, 0.15) is 39.5 Å². The van der Waals surface area contributed by atoms with Crippen LogP contribution < -0.4 is 15.0 Å². The van der Waals surface area contributed by atoms with Crippen molar-refractivity contribution in [3.05, 3.63) is 24.3 Å². The molecular weight excluding hydrogens is 292 g/mol. The van der Waals surface area contributed by atoms with Gasteiger partial charge in [0, 0.05) is 12.0 Å². The third-order valence-corrected chi connectivity index (χ3v) is 4.59. The molecular formula is C18H24N2O3. The number of para-hydroxylation sites is 2. The summed E-state index contributed by atoms with van der Waals surface area (Å²) >= 11 is 0. The minimum absolute atomic E-state index is 0.112. The van der Waals surface area contributed by atoms with E-state index in [1.165, 1.54) is 0 Å². The zero-order valence-electron chi connectivity index (χ0n) is 13.7. The Bertz CT molecular complexity index is 594. The second-order valence-corrected chi connectivity index (χ2v) is 6.32. The van der Waals surface area contributed by atoms with Crippen molar-refractivity contribution in [2.45, 2.75) is 51.7 Å². The monoisotopic (exact) mass is 316 g/mol. The summed E-state index contributed by atoms with van der Waals surface area (Å²) in [6.07, 6.45) is 3.02. The molecule has 0 saturated heterocycles. The van der Waals surface area contributed by atoms with Crippen LogP contribution in [0.25, 0.3) is 0 Å². The maximum absolute atomic E-state index is 12.6.